The van der Waals surface area contributed by atoms with Crippen LogP contribution in [0.2, 0.25) is 0 Å². The highest BCUT2D eigenvalue weighted by atomic mass is 16.3. The molecule has 2 heterocycles. The van der Waals surface area contributed by atoms with Crippen LogP contribution in [0.4, 0.5) is 17.1 Å². The summed E-state index contributed by atoms with van der Waals surface area (Å²) in [6, 6.07) is 69.2. The maximum absolute atomic E-state index is 6.23. The minimum atomic E-state index is 0.901. The predicted molar refractivity (Wildman–Crippen MR) is 214 cm³/mol. The van der Waals surface area contributed by atoms with Crippen molar-refractivity contribution in [1.82, 2.24) is 4.57 Å². The van der Waals surface area contributed by atoms with E-state index >= 15 is 0 Å². The number of nitrogens with zero attached hydrogens (tertiary/aromatic N) is 2. The highest BCUT2D eigenvalue weighted by Crippen LogP contribution is 2.43. The van der Waals surface area contributed by atoms with Crippen molar-refractivity contribution < 1.29 is 4.42 Å². The van der Waals surface area contributed by atoms with Gasteiger partial charge in [-0.2, -0.15) is 0 Å². The Morgan fingerprint density at radius 1 is 0.373 bits per heavy atom. The Morgan fingerprint density at radius 3 is 1.78 bits per heavy atom. The summed E-state index contributed by atoms with van der Waals surface area (Å²) >= 11 is 0. The Balaban J connectivity index is 1.13. The fraction of sp³-hybridized carbons (Fsp3) is 0. The van der Waals surface area contributed by atoms with Crippen molar-refractivity contribution in [3.63, 3.8) is 0 Å². The fourth-order valence-corrected chi connectivity index (χ4v) is 7.64. The number of aromatic nitrogens is 1. The van der Waals surface area contributed by atoms with Gasteiger partial charge in [0.25, 0.3) is 0 Å². The summed E-state index contributed by atoms with van der Waals surface area (Å²) in [5.74, 6) is 0. The molecule has 0 radical (unpaired) electrons. The number of fused-ring (bicyclic) bond motifs is 6. The molecule has 0 atom stereocenters. The molecule has 0 N–H and O–H groups in total. The van der Waals surface area contributed by atoms with Gasteiger partial charge in [-0.3, -0.25) is 0 Å². The molecule has 51 heavy (non-hydrogen) atoms. The lowest BCUT2D eigenvalue weighted by Gasteiger charge is -2.28. The van der Waals surface area contributed by atoms with E-state index in [2.05, 4.69) is 191 Å². The number of hydrogen-bond acceptors (Lipinski definition) is 2. The first kappa shape index (κ1) is 29.1. The van der Waals surface area contributed by atoms with Crippen LogP contribution < -0.4 is 4.90 Å². The highest BCUT2D eigenvalue weighted by molar-refractivity contribution is 6.09. The molecule has 0 fully saturated rings. The Morgan fingerprint density at radius 2 is 1.00 bits per heavy atom. The SMILES string of the molecule is c1ccc(-c2ccccc2N(c2ccc(-c3ccc4c(c3)oc3ccccc34)cc2)c2cccc(-n3c4ccccc4c4ccccc43)c2)cc1. The smallest absolute Gasteiger partial charge is 0.136 e. The number of para-hydroxylation sites is 4. The molecule has 3 nitrogen and oxygen atoms in total. The fourth-order valence-electron chi connectivity index (χ4n) is 7.64. The number of hydrogen-bond donors (Lipinski definition) is 0. The van der Waals surface area contributed by atoms with Gasteiger partial charge < -0.3 is 13.9 Å². The lowest BCUT2D eigenvalue weighted by atomic mass is 10.0. The van der Waals surface area contributed by atoms with Gasteiger partial charge in [0.05, 0.1) is 16.7 Å². The molecule has 10 rings (SSSR count). The molecule has 0 unspecified atom stereocenters. The van der Waals surface area contributed by atoms with Gasteiger partial charge in [-0.1, -0.05) is 127 Å². The average molecular weight is 653 g/mol. The molecular weight excluding hydrogens is 621 g/mol. The third-order valence-electron chi connectivity index (χ3n) is 9.99. The zero-order valence-corrected chi connectivity index (χ0v) is 27.8. The zero-order valence-electron chi connectivity index (χ0n) is 27.8. The van der Waals surface area contributed by atoms with Crippen LogP contribution in [-0.2, 0) is 0 Å². The second-order valence-electron chi connectivity index (χ2n) is 13.0. The largest absolute Gasteiger partial charge is 0.456 e. The summed E-state index contributed by atoms with van der Waals surface area (Å²) in [5, 5.41) is 4.78. The number of benzene rings is 8. The zero-order chi connectivity index (χ0) is 33.7. The van der Waals surface area contributed by atoms with Gasteiger partial charge in [0.2, 0.25) is 0 Å². The van der Waals surface area contributed by atoms with Crippen LogP contribution in [0.3, 0.4) is 0 Å². The molecule has 2 aromatic heterocycles. The second kappa shape index (κ2) is 11.9. The van der Waals surface area contributed by atoms with Crippen molar-refractivity contribution in [2.75, 3.05) is 4.90 Å². The Labute approximate surface area is 295 Å². The third kappa shape index (κ3) is 4.90. The first-order valence-electron chi connectivity index (χ1n) is 17.4. The third-order valence-corrected chi connectivity index (χ3v) is 9.99. The van der Waals surface area contributed by atoms with Crippen molar-refractivity contribution in [3.8, 4) is 27.9 Å². The minimum absolute atomic E-state index is 0.901. The van der Waals surface area contributed by atoms with E-state index in [9.17, 15) is 0 Å². The number of rotatable bonds is 6. The van der Waals surface area contributed by atoms with Gasteiger partial charge in [0, 0.05) is 44.2 Å². The topological polar surface area (TPSA) is 21.3 Å². The van der Waals surface area contributed by atoms with Crippen LogP contribution >= 0.6 is 0 Å². The van der Waals surface area contributed by atoms with Gasteiger partial charge in [0.15, 0.2) is 0 Å². The molecule has 0 spiro atoms. The molecule has 0 aliphatic carbocycles. The molecule has 10 aromatic rings. The summed E-state index contributed by atoms with van der Waals surface area (Å²) < 4.78 is 8.61. The van der Waals surface area contributed by atoms with E-state index in [1.165, 1.54) is 32.9 Å². The van der Waals surface area contributed by atoms with Gasteiger partial charge in [-0.15, -0.1) is 0 Å². The Bertz CT molecular complexity index is 2810. The van der Waals surface area contributed by atoms with E-state index in [4.69, 9.17) is 4.42 Å². The summed E-state index contributed by atoms with van der Waals surface area (Å²) in [6.07, 6.45) is 0. The lowest BCUT2D eigenvalue weighted by Crippen LogP contribution is -2.11. The highest BCUT2D eigenvalue weighted by Gasteiger charge is 2.19. The number of furan rings is 1. The van der Waals surface area contributed by atoms with Crippen molar-refractivity contribution in [2.45, 2.75) is 0 Å². The van der Waals surface area contributed by atoms with Gasteiger partial charge >= 0.3 is 0 Å². The molecule has 240 valence electrons. The monoisotopic (exact) mass is 652 g/mol. The molecule has 8 aromatic carbocycles. The van der Waals surface area contributed by atoms with Crippen molar-refractivity contribution in [2.24, 2.45) is 0 Å². The maximum Gasteiger partial charge on any atom is 0.136 e. The normalized spacial score (nSPS) is 11.5. The van der Waals surface area contributed by atoms with Gasteiger partial charge in [0.1, 0.15) is 11.2 Å². The quantitative estimate of drug-likeness (QED) is 0.178. The van der Waals surface area contributed by atoms with E-state index in [0.29, 0.717) is 0 Å². The van der Waals surface area contributed by atoms with Crippen molar-refractivity contribution in [3.05, 3.63) is 194 Å². The van der Waals surface area contributed by atoms with E-state index < -0.39 is 0 Å². The van der Waals surface area contributed by atoms with Gasteiger partial charge in [-0.05, 0) is 83.4 Å². The summed E-state index contributed by atoms with van der Waals surface area (Å²) in [4.78, 5) is 2.38. The molecule has 3 heteroatoms. The Kier molecular flexibility index (Phi) is 6.81. The first-order chi connectivity index (χ1) is 25.3. The molecule has 0 saturated heterocycles. The molecule has 0 aliphatic heterocycles. The molecule has 0 amide bonds. The molecule has 0 saturated carbocycles. The van der Waals surface area contributed by atoms with Crippen molar-refractivity contribution in [1.29, 1.82) is 0 Å². The van der Waals surface area contributed by atoms with Crippen molar-refractivity contribution >= 4 is 60.8 Å². The van der Waals surface area contributed by atoms with E-state index in [1.807, 2.05) is 12.1 Å². The van der Waals surface area contributed by atoms with Crippen LogP contribution in [0, 0.1) is 0 Å². The van der Waals surface area contributed by atoms with Crippen LogP contribution in [0.25, 0.3) is 71.7 Å². The predicted octanol–water partition coefficient (Wildman–Crippen LogP) is 13.5. The molecule has 0 aliphatic rings. The van der Waals surface area contributed by atoms with Crippen LogP contribution in [0.5, 0.6) is 0 Å². The van der Waals surface area contributed by atoms with Crippen LogP contribution in [-0.4, -0.2) is 4.57 Å². The molecule has 0 bridgehead atoms. The van der Waals surface area contributed by atoms with E-state index in [0.717, 1.165) is 55.8 Å². The summed E-state index contributed by atoms with van der Waals surface area (Å²) in [7, 11) is 0. The second-order valence-corrected chi connectivity index (χ2v) is 13.0. The minimum Gasteiger partial charge on any atom is -0.456 e. The van der Waals surface area contributed by atoms with Gasteiger partial charge in [-0.25, -0.2) is 0 Å². The maximum atomic E-state index is 6.23. The standard InChI is InChI=1S/C48H32N2O/c1-2-13-34(14-3-1)39-17-4-8-21-44(39)49(36-28-25-33(26-29-36)35-27-30-43-42-20-7-11-24-47(42)51-48(43)31-35)37-15-12-16-38(32-37)50-45-22-9-5-18-40(45)41-19-6-10-23-46(41)50/h1-32H. The van der Waals surface area contributed by atoms with Crippen LogP contribution in [0.1, 0.15) is 0 Å². The van der Waals surface area contributed by atoms with E-state index in [1.54, 1.807) is 0 Å². The lowest BCUT2D eigenvalue weighted by molar-refractivity contribution is 0.669. The molecular formula is C48H32N2O. The number of anilines is 3. The summed E-state index contributed by atoms with van der Waals surface area (Å²) in [5.41, 5.74) is 13.2. The van der Waals surface area contributed by atoms with E-state index in [-0.39, 0.29) is 0 Å². The summed E-state index contributed by atoms with van der Waals surface area (Å²) in [6.45, 7) is 0. The average Bonchev–Trinajstić information content (AvgIpc) is 3.74. The van der Waals surface area contributed by atoms with Crippen LogP contribution in [0.15, 0.2) is 199 Å². The Hall–Kier alpha value is -6.84. The first-order valence-corrected chi connectivity index (χ1v) is 17.4.